The third-order valence-electron chi connectivity index (χ3n) is 2.54. The number of rotatable bonds is 6. The van der Waals surface area contributed by atoms with Crippen LogP contribution >= 0.6 is 0 Å². The quantitative estimate of drug-likeness (QED) is 0.501. The number of hydrogen-bond acceptors (Lipinski definition) is 6. The van der Waals surface area contributed by atoms with Crippen molar-refractivity contribution in [1.29, 1.82) is 0 Å². The molecule has 1 aromatic rings. The van der Waals surface area contributed by atoms with Crippen LogP contribution in [0.25, 0.3) is 0 Å². The maximum absolute atomic E-state index is 10.9. The average molecular weight is 257 g/mol. The molecule has 18 heavy (non-hydrogen) atoms. The highest BCUT2D eigenvalue weighted by Crippen LogP contribution is 2.31. The molecule has 2 atom stereocenters. The van der Waals surface area contributed by atoms with Gasteiger partial charge in [-0.3, -0.25) is 10.1 Å². The molecule has 0 radical (unpaired) electrons. The Kier molecular flexibility index (Phi) is 5.02. The van der Waals surface area contributed by atoms with Crippen LogP contribution in [0.2, 0.25) is 0 Å². The molecule has 0 bridgehead atoms. The molecule has 7 heteroatoms. The molecule has 0 heterocycles. The zero-order valence-corrected chi connectivity index (χ0v) is 9.81. The summed E-state index contributed by atoms with van der Waals surface area (Å²) in [5.41, 5.74) is -0.347. The van der Waals surface area contributed by atoms with E-state index in [1.165, 1.54) is 25.3 Å². The van der Waals surface area contributed by atoms with Crippen LogP contribution in [0.4, 0.5) is 5.69 Å². The van der Waals surface area contributed by atoms with E-state index < -0.39 is 17.1 Å². The molecule has 0 saturated carbocycles. The lowest BCUT2D eigenvalue weighted by atomic mass is 10.0. The van der Waals surface area contributed by atoms with Gasteiger partial charge in [0.15, 0.2) is 0 Å². The van der Waals surface area contributed by atoms with Crippen molar-refractivity contribution in [2.24, 2.45) is 0 Å². The average Bonchev–Trinajstić information content (AvgIpc) is 2.37. The van der Waals surface area contributed by atoms with E-state index in [1.54, 1.807) is 0 Å². The molecule has 0 amide bonds. The molecule has 1 aromatic carbocycles. The summed E-state index contributed by atoms with van der Waals surface area (Å²) in [6, 6.07) is 3.95. The minimum Gasteiger partial charge on any atom is -0.497 e. The van der Waals surface area contributed by atoms with E-state index in [4.69, 9.17) is 9.84 Å². The molecule has 0 aliphatic carbocycles. The Morgan fingerprint density at radius 3 is 2.61 bits per heavy atom. The van der Waals surface area contributed by atoms with Crippen LogP contribution in [-0.2, 0) is 0 Å². The first-order chi connectivity index (χ1) is 8.51. The number of nitro benzene ring substituents is 1. The maximum atomic E-state index is 10.9. The Labute approximate surface area is 103 Å². The normalized spacial score (nSPS) is 14.0. The number of aliphatic hydroxyl groups is 3. The van der Waals surface area contributed by atoms with Gasteiger partial charge in [-0.25, -0.2) is 0 Å². The molecule has 3 N–H and O–H groups in total. The number of nitro groups is 1. The monoisotopic (exact) mass is 257 g/mol. The van der Waals surface area contributed by atoms with Crippen LogP contribution in [0.3, 0.4) is 0 Å². The number of benzene rings is 1. The minimum absolute atomic E-state index is 0.0123. The fourth-order valence-electron chi connectivity index (χ4n) is 1.56. The molecular weight excluding hydrogens is 242 g/mol. The van der Waals surface area contributed by atoms with Crippen LogP contribution < -0.4 is 4.74 Å². The van der Waals surface area contributed by atoms with E-state index in [2.05, 4.69) is 0 Å². The van der Waals surface area contributed by atoms with Crippen molar-refractivity contribution in [3.05, 3.63) is 33.9 Å². The van der Waals surface area contributed by atoms with Crippen molar-refractivity contribution in [3.63, 3.8) is 0 Å². The van der Waals surface area contributed by atoms with E-state index in [1.807, 2.05) is 0 Å². The van der Waals surface area contributed by atoms with Crippen molar-refractivity contribution in [2.45, 2.75) is 18.6 Å². The lowest BCUT2D eigenvalue weighted by Crippen LogP contribution is -2.20. The summed E-state index contributed by atoms with van der Waals surface area (Å²) in [5, 5.41) is 38.9. The predicted octanol–water partition coefficient (Wildman–Crippen LogP) is 0.380. The lowest BCUT2D eigenvalue weighted by Gasteiger charge is -2.17. The number of ether oxygens (including phenoxy) is 1. The zero-order chi connectivity index (χ0) is 13.7. The molecule has 7 nitrogen and oxygen atoms in total. The minimum atomic E-state index is -1.43. The van der Waals surface area contributed by atoms with Gasteiger partial charge in [-0.2, -0.15) is 0 Å². The summed E-state index contributed by atoms with van der Waals surface area (Å²) in [4.78, 5) is 10.2. The van der Waals surface area contributed by atoms with Crippen LogP contribution in [0.15, 0.2) is 18.2 Å². The molecule has 0 aliphatic rings. The van der Waals surface area contributed by atoms with Gasteiger partial charge < -0.3 is 20.1 Å². The Bertz CT molecular complexity index is 422. The lowest BCUT2D eigenvalue weighted by molar-refractivity contribution is -0.386. The maximum Gasteiger partial charge on any atom is 0.279 e. The van der Waals surface area contributed by atoms with Crippen molar-refractivity contribution in [2.75, 3.05) is 13.7 Å². The van der Waals surface area contributed by atoms with E-state index in [0.29, 0.717) is 0 Å². The first-order valence-corrected chi connectivity index (χ1v) is 5.30. The summed E-state index contributed by atoms with van der Waals surface area (Å²) in [5.74, 6) is 0.286. The van der Waals surface area contributed by atoms with Gasteiger partial charge >= 0.3 is 0 Å². The Morgan fingerprint density at radius 1 is 1.44 bits per heavy atom. The third kappa shape index (κ3) is 3.16. The van der Waals surface area contributed by atoms with E-state index in [9.17, 15) is 20.3 Å². The molecule has 0 aliphatic heterocycles. The largest absolute Gasteiger partial charge is 0.497 e. The summed E-state index contributed by atoms with van der Waals surface area (Å²) < 4.78 is 4.86. The van der Waals surface area contributed by atoms with Crippen molar-refractivity contribution in [3.8, 4) is 5.75 Å². The SMILES string of the molecule is COc1ccc(C(O)C(O)CCO)c([N+](=O)[O-])c1. The second-order valence-corrected chi connectivity index (χ2v) is 3.71. The van der Waals surface area contributed by atoms with Gasteiger partial charge in [0, 0.05) is 6.61 Å². The Morgan fingerprint density at radius 2 is 2.11 bits per heavy atom. The number of methoxy groups -OCH3 is 1. The summed E-state index contributed by atoms with van der Waals surface area (Å²) in [7, 11) is 1.37. The summed E-state index contributed by atoms with van der Waals surface area (Å²) in [6.07, 6.45) is -2.75. The van der Waals surface area contributed by atoms with Crippen LogP contribution in [0, 0.1) is 10.1 Å². The standard InChI is InChI=1S/C11H15NO6/c1-18-7-2-3-8(9(6-7)12(16)17)11(15)10(14)4-5-13/h2-3,6,10-11,13-15H,4-5H2,1H3. The highest BCUT2D eigenvalue weighted by Gasteiger charge is 2.26. The molecule has 0 aromatic heterocycles. The predicted molar refractivity (Wildman–Crippen MR) is 62.3 cm³/mol. The van der Waals surface area contributed by atoms with E-state index in [-0.39, 0.29) is 30.0 Å². The zero-order valence-electron chi connectivity index (χ0n) is 9.81. The van der Waals surface area contributed by atoms with Crippen LogP contribution in [-0.4, -0.2) is 40.1 Å². The van der Waals surface area contributed by atoms with Gasteiger partial charge in [-0.1, -0.05) is 0 Å². The fraction of sp³-hybridized carbons (Fsp3) is 0.455. The van der Waals surface area contributed by atoms with Crippen LogP contribution in [0.5, 0.6) is 5.75 Å². The number of aliphatic hydroxyl groups excluding tert-OH is 3. The molecule has 0 fully saturated rings. The van der Waals surface area contributed by atoms with Gasteiger partial charge in [0.2, 0.25) is 0 Å². The van der Waals surface area contributed by atoms with Crippen molar-refractivity contribution in [1.82, 2.24) is 0 Å². The number of nitrogens with zero attached hydrogens (tertiary/aromatic N) is 1. The van der Waals surface area contributed by atoms with Gasteiger partial charge in [0.1, 0.15) is 11.9 Å². The highest BCUT2D eigenvalue weighted by atomic mass is 16.6. The molecule has 2 unspecified atom stereocenters. The molecule has 100 valence electrons. The van der Waals surface area contributed by atoms with E-state index in [0.717, 1.165) is 0 Å². The smallest absolute Gasteiger partial charge is 0.279 e. The first-order valence-electron chi connectivity index (χ1n) is 5.30. The van der Waals surface area contributed by atoms with Gasteiger partial charge in [-0.05, 0) is 18.6 Å². The second-order valence-electron chi connectivity index (χ2n) is 3.71. The van der Waals surface area contributed by atoms with Crippen molar-refractivity contribution < 1.29 is 25.0 Å². The summed E-state index contributed by atoms with van der Waals surface area (Å²) in [6.45, 7) is -0.317. The molecular formula is C11H15NO6. The van der Waals surface area contributed by atoms with Crippen LogP contribution in [0.1, 0.15) is 18.1 Å². The first kappa shape index (κ1) is 14.4. The Hall–Kier alpha value is -1.70. The number of hydrogen-bond donors (Lipinski definition) is 3. The topological polar surface area (TPSA) is 113 Å². The fourth-order valence-corrected chi connectivity index (χ4v) is 1.56. The van der Waals surface area contributed by atoms with E-state index >= 15 is 0 Å². The highest BCUT2D eigenvalue weighted by molar-refractivity contribution is 5.47. The Balaban J connectivity index is 3.10. The third-order valence-corrected chi connectivity index (χ3v) is 2.54. The molecule has 0 saturated heterocycles. The van der Waals surface area contributed by atoms with Crippen molar-refractivity contribution >= 4 is 5.69 Å². The summed E-state index contributed by atoms with van der Waals surface area (Å²) >= 11 is 0. The van der Waals surface area contributed by atoms with Gasteiger partial charge in [0.25, 0.3) is 5.69 Å². The second kappa shape index (κ2) is 6.29. The van der Waals surface area contributed by atoms with Gasteiger partial charge in [-0.15, -0.1) is 0 Å². The molecule has 1 rings (SSSR count). The molecule has 0 spiro atoms. The van der Waals surface area contributed by atoms with Gasteiger partial charge in [0.05, 0.1) is 29.8 Å².